The molecule has 0 radical (unpaired) electrons. The van der Waals surface area contributed by atoms with E-state index in [0.717, 1.165) is 0 Å². The summed E-state index contributed by atoms with van der Waals surface area (Å²) in [6.45, 7) is 16.7. The molecular formula is C34H57NO9. The number of methoxy groups -OCH3 is 1. The number of carbonyl (C=O) groups excluding carboxylic acids is 2. The van der Waals surface area contributed by atoms with Gasteiger partial charge in [-0.1, -0.05) is 90.7 Å². The number of allylic oxidation sites excluding steroid dienone is 3. The molecule has 0 aromatic carbocycles. The Morgan fingerprint density at radius 3 is 2.25 bits per heavy atom. The van der Waals surface area contributed by atoms with Crippen LogP contribution in [0.4, 0.5) is 4.79 Å². The third-order valence-corrected chi connectivity index (χ3v) is 8.76. The Labute approximate surface area is 264 Å². The van der Waals surface area contributed by atoms with Crippen LogP contribution >= 0.6 is 0 Å². The van der Waals surface area contributed by atoms with E-state index >= 15 is 0 Å². The maximum Gasteiger partial charge on any atom is 0.404 e. The summed E-state index contributed by atoms with van der Waals surface area (Å²) in [6, 6.07) is 0. The van der Waals surface area contributed by atoms with E-state index < -0.39 is 54.6 Å². The fourth-order valence-corrected chi connectivity index (χ4v) is 5.58. The van der Waals surface area contributed by atoms with Gasteiger partial charge in [-0.05, 0) is 19.3 Å². The van der Waals surface area contributed by atoms with Crippen LogP contribution in [0.15, 0.2) is 49.1 Å². The minimum atomic E-state index is -0.886. The lowest BCUT2D eigenvalue weighted by Gasteiger charge is -2.37. The molecule has 0 spiro atoms. The first kappa shape index (κ1) is 39.5. The van der Waals surface area contributed by atoms with Gasteiger partial charge in [0, 0.05) is 43.1 Å². The number of hydrogen-bond donors (Lipinski definition) is 4. The zero-order valence-electron chi connectivity index (χ0n) is 27.7. The monoisotopic (exact) mass is 623 g/mol. The third kappa shape index (κ3) is 12.5. The van der Waals surface area contributed by atoms with E-state index in [1.807, 2.05) is 71.9 Å². The number of cyclic esters (lactones) is 1. The lowest BCUT2D eigenvalue weighted by Crippen LogP contribution is -2.47. The molecule has 1 heterocycles. The van der Waals surface area contributed by atoms with E-state index in [9.17, 15) is 24.9 Å². The number of aliphatic hydroxyl groups is 3. The van der Waals surface area contributed by atoms with Crippen molar-refractivity contribution in [1.82, 2.24) is 0 Å². The van der Waals surface area contributed by atoms with Crippen molar-refractivity contribution in [2.45, 2.75) is 97.9 Å². The van der Waals surface area contributed by atoms with Gasteiger partial charge in [0.2, 0.25) is 0 Å². The molecule has 1 rings (SSSR count). The Kier molecular flexibility index (Phi) is 17.8. The molecule has 10 heteroatoms. The second kappa shape index (κ2) is 19.8. The maximum absolute atomic E-state index is 12.2. The van der Waals surface area contributed by atoms with Crippen molar-refractivity contribution in [3.63, 3.8) is 0 Å². The minimum Gasteiger partial charge on any atom is -0.462 e. The van der Waals surface area contributed by atoms with E-state index in [4.69, 9.17) is 24.7 Å². The van der Waals surface area contributed by atoms with E-state index in [2.05, 4.69) is 6.58 Å². The van der Waals surface area contributed by atoms with Crippen molar-refractivity contribution in [3.05, 3.63) is 49.1 Å². The number of amides is 1. The predicted octanol–water partition coefficient (Wildman–Crippen LogP) is 4.54. The van der Waals surface area contributed by atoms with E-state index in [0.29, 0.717) is 12.8 Å². The zero-order chi connectivity index (χ0) is 33.6. The van der Waals surface area contributed by atoms with Gasteiger partial charge in [-0.15, -0.1) is 0 Å². The normalized spacial score (nSPS) is 27.3. The Morgan fingerprint density at radius 1 is 1.02 bits per heavy atom. The molecule has 1 saturated heterocycles. The first-order chi connectivity index (χ1) is 20.7. The third-order valence-electron chi connectivity index (χ3n) is 8.76. The van der Waals surface area contributed by atoms with Gasteiger partial charge in [0.15, 0.2) is 0 Å². The molecule has 44 heavy (non-hydrogen) atoms. The maximum atomic E-state index is 12.2. The molecule has 1 aliphatic heterocycles. The number of esters is 1. The Bertz CT molecular complexity index is 966. The van der Waals surface area contributed by atoms with E-state index in [1.165, 1.54) is 7.11 Å². The summed E-state index contributed by atoms with van der Waals surface area (Å²) >= 11 is 0. The van der Waals surface area contributed by atoms with Crippen LogP contribution in [0.3, 0.4) is 0 Å². The lowest BCUT2D eigenvalue weighted by atomic mass is 9.82. The Balaban J connectivity index is 2.80. The van der Waals surface area contributed by atoms with Crippen molar-refractivity contribution >= 4 is 12.1 Å². The molecule has 0 saturated carbocycles. The molecule has 0 aromatic heterocycles. The van der Waals surface area contributed by atoms with Gasteiger partial charge < -0.3 is 40.0 Å². The summed E-state index contributed by atoms with van der Waals surface area (Å²) in [6.07, 6.45) is 9.08. The number of rotatable bonds is 19. The molecule has 10 nitrogen and oxygen atoms in total. The van der Waals surface area contributed by atoms with E-state index in [-0.39, 0.29) is 42.3 Å². The first-order valence-corrected chi connectivity index (χ1v) is 15.6. The summed E-state index contributed by atoms with van der Waals surface area (Å²) in [5, 5.41) is 32.5. The molecule has 0 aromatic rings. The molecule has 0 bridgehead atoms. The van der Waals surface area contributed by atoms with Crippen LogP contribution in [-0.2, 0) is 23.7 Å². The van der Waals surface area contributed by atoms with Crippen LogP contribution in [0.2, 0.25) is 0 Å². The van der Waals surface area contributed by atoms with Crippen molar-refractivity contribution in [2.75, 3.05) is 13.9 Å². The summed E-state index contributed by atoms with van der Waals surface area (Å²) in [4.78, 5) is 23.7. The number of nitrogens with two attached hydrogens (primary N) is 1. The van der Waals surface area contributed by atoms with Gasteiger partial charge >= 0.3 is 12.1 Å². The van der Waals surface area contributed by atoms with Gasteiger partial charge in [0.05, 0.1) is 30.3 Å². The molecule has 1 aliphatic rings. The number of primary amides is 1. The van der Waals surface area contributed by atoms with Gasteiger partial charge in [0.25, 0.3) is 0 Å². The molecule has 5 N–H and O–H groups in total. The Morgan fingerprint density at radius 2 is 1.66 bits per heavy atom. The molecule has 252 valence electrons. The predicted molar refractivity (Wildman–Crippen MR) is 170 cm³/mol. The minimum absolute atomic E-state index is 0.0432. The fourth-order valence-electron chi connectivity index (χ4n) is 5.58. The molecular weight excluding hydrogens is 566 g/mol. The highest BCUT2D eigenvalue weighted by molar-refractivity contribution is 5.73. The van der Waals surface area contributed by atoms with Crippen LogP contribution in [0, 0.1) is 41.4 Å². The lowest BCUT2D eigenvalue weighted by molar-refractivity contribution is -0.181. The highest BCUT2D eigenvalue weighted by atomic mass is 16.7. The van der Waals surface area contributed by atoms with Gasteiger partial charge in [-0.2, -0.15) is 0 Å². The van der Waals surface area contributed by atoms with Crippen molar-refractivity contribution in [2.24, 2.45) is 47.2 Å². The van der Waals surface area contributed by atoms with Gasteiger partial charge in [-0.25, -0.2) is 4.79 Å². The van der Waals surface area contributed by atoms with Gasteiger partial charge in [-0.3, -0.25) is 4.79 Å². The van der Waals surface area contributed by atoms with Crippen LogP contribution in [-0.4, -0.2) is 77.9 Å². The molecule has 1 amide bonds. The van der Waals surface area contributed by atoms with Crippen LogP contribution < -0.4 is 5.73 Å². The number of ether oxygens (including phenoxy) is 4. The first-order valence-electron chi connectivity index (χ1n) is 15.6. The number of hydrogen-bond acceptors (Lipinski definition) is 9. The fraction of sp³-hybridized carbons (Fsp3) is 0.706. The Hall–Kier alpha value is -2.50. The molecule has 13 atom stereocenters. The zero-order valence-corrected chi connectivity index (χ0v) is 27.7. The SMILES string of the molecule is C=CC=C[C@H](C)[C@H](OC(N)=O)[C@@H](C)[C@H](O)[C@@H](C)CC=C[C@H](C)[C@@H](O)[C@@H](C)C=C[C@H](CC1OC(=O)[C@H](C)[C@@H](O)[C@H]1C)OCOC. The highest BCUT2D eigenvalue weighted by Gasteiger charge is 2.41. The smallest absolute Gasteiger partial charge is 0.404 e. The number of carbonyl (C=O) groups is 2. The summed E-state index contributed by atoms with van der Waals surface area (Å²) in [5.74, 6) is -2.34. The average molecular weight is 624 g/mol. The molecule has 1 unspecified atom stereocenters. The second-order valence-electron chi connectivity index (χ2n) is 12.4. The van der Waals surface area contributed by atoms with Crippen molar-refractivity contribution in [1.29, 1.82) is 0 Å². The topological polar surface area (TPSA) is 158 Å². The van der Waals surface area contributed by atoms with Crippen LogP contribution in [0.1, 0.15) is 61.3 Å². The standard InChI is InChI=1S/C34H57NO9/c1-10-11-13-23(5)32(44-34(35)40)25(7)30(37)21(3)15-12-14-20(2)29(36)22(4)16-17-27(42-19-41-9)18-28-24(6)31(38)26(8)33(39)43-28/h10-14,16-17,20-32,36-38H,1,15,18-19H2,2-9H3,(H2,35,40)/t20-,21-,22-,23-,24-,25-,26+,27+,28?,29+,30+,31-,32-/m0/s1. The second-order valence-corrected chi connectivity index (χ2v) is 12.4. The van der Waals surface area contributed by atoms with E-state index in [1.54, 1.807) is 19.1 Å². The molecule has 0 aliphatic carbocycles. The molecule has 1 fully saturated rings. The summed E-state index contributed by atoms with van der Waals surface area (Å²) in [5.41, 5.74) is 5.30. The highest BCUT2D eigenvalue weighted by Crippen LogP contribution is 2.30. The summed E-state index contributed by atoms with van der Waals surface area (Å²) < 4.78 is 21.8. The van der Waals surface area contributed by atoms with Crippen molar-refractivity contribution in [3.8, 4) is 0 Å². The van der Waals surface area contributed by atoms with Gasteiger partial charge in [0.1, 0.15) is 19.0 Å². The largest absolute Gasteiger partial charge is 0.462 e. The number of aliphatic hydroxyl groups excluding tert-OH is 3. The van der Waals surface area contributed by atoms with Crippen LogP contribution in [0.25, 0.3) is 0 Å². The van der Waals surface area contributed by atoms with Crippen LogP contribution in [0.5, 0.6) is 0 Å². The summed E-state index contributed by atoms with van der Waals surface area (Å²) in [7, 11) is 1.52. The average Bonchev–Trinajstić information content (AvgIpc) is 2.99. The van der Waals surface area contributed by atoms with Crippen molar-refractivity contribution < 1.29 is 43.9 Å². The quantitative estimate of drug-likeness (QED) is 0.0702.